The number of aromatic amines is 1. The molecular formula is C19H23N3O4. The van der Waals surface area contributed by atoms with E-state index in [1.54, 1.807) is 27.5 Å². The molecule has 0 amide bonds. The van der Waals surface area contributed by atoms with Crippen LogP contribution in [0, 0.1) is 6.92 Å². The van der Waals surface area contributed by atoms with Gasteiger partial charge >= 0.3 is 0 Å². The first kappa shape index (κ1) is 17.9. The lowest BCUT2D eigenvalue weighted by Crippen LogP contribution is -2.14. The van der Waals surface area contributed by atoms with Crippen molar-refractivity contribution in [2.24, 2.45) is 0 Å². The Morgan fingerprint density at radius 3 is 2.31 bits per heavy atom. The lowest BCUT2D eigenvalue weighted by atomic mass is 10.1. The SMILES string of the molecule is COc1cc(OC)c(OC)cc1CNCc1cn[nH]c1-c1ccc(C)o1. The van der Waals surface area contributed by atoms with Gasteiger partial charge in [-0.1, -0.05) is 0 Å². The Morgan fingerprint density at radius 1 is 0.962 bits per heavy atom. The van der Waals surface area contributed by atoms with E-state index in [0.717, 1.165) is 34.1 Å². The summed E-state index contributed by atoms with van der Waals surface area (Å²) in [7, 11) is 4.86. The predicted molar refractivity (Wildman–Crippen MR) is 97.7 cm³/mol. The van der Waals surface area contributed by atoms with Crippen molar-refractivity contribution in [3.63, 3.8) is 0 Å². The first-order valence-electron chi connectivity index (χ1n) is 8.25. The second-order valence-corrected chi connectivity index (χ2v) is 5.80. The zero-order chi connectivity index (χ0) is 18.5. The largest absolute Gasteiger partial charge is 0.496 e. The van der Waals surface area contributed by atoms with Gasteiger partial charge in [0.25, 0.3) is 0 Å². The number of rotatable bonds is 8. The van der Waals surface area contributed by atoms with Gasteiger partial charge in [-0.2, -0.15) is 5.10 Å². The second kappa shape index (κ2) is 7.97. The molecule has 1 aromatic carbocycles. The van der Waals surface area contributed by atoms with Crippen LogP contribution in [0.15, 0.2) is 34.9 Å². The number of nitrogens with one attached hydrogen (secondary N) is 2. The zero-order valence-corrected chi connectivity index (χ0v) is 15.4. The first-order valence-corrected chi connectivity index (χ1v) is 8.25. The molecule has 2 aromatic heterocycles. The fourth-order valence-electron chi connectivity index (χ4n) is 2.79. The molecular weight excluding hydrogens is 334 g/mol. The number of benzene rings is 1. The summed E-state index contributed by atoms with van der Waals surface area (Å²) in [5.74, 6) is 3.69. The molecule has 0 unspecified atom stereocenters. The number of hydrogen-bond donors (Lipinski definition) is 2. The molecule has 0 saturated heterocycles. The number of hydrogen-bond acceptors (Lipinski definition) is 6. The molecule has 2 N–H and O–H groups in total. The van der Waals surface area contributed by atoms with E-state index in [1.165, 1.54) is 0 Å². The average molecular weight is 357 g/mol. The summed E-state index contributed by atoms with van der Waals surface area (Å²) in [6.07, 6.45) is 1.80. The zero-order valence-electron chi connectivity index (χ0n) is 15.4. The van der Waals surface area contributed by atoms with Crippen LogP contribution >= 0.6 is 0 Å². The number of ether oxygens (including phenoxy) is 3. The minimum Gasteiger partial charge on any atom is -0.496 e. The Hall–Kier alpha value is -2.93. The molecule has 2 heterocycles. The van der Waals surface area contributed by atoms with Crippen LogP contribution < -0.4 is 19.5 Å². The molecule has 0 fully saturated rings. The first-order chi connectivity index (χ1) is 12.7. The molecule has 0 atom stereocenters. The van der Waals surface area contributed by atoms with E-state index in [1.807, 2.05) is 31.2 Å². The van der Waals surface area contributed by atoms with Crippen LogP contribution in [-0.4, -0.2) is 31.5 Å². The molecule has 26 heavy (non-hydrogen) atoms. The molecule has 7 nitrogen and oxygen atoms in total. The standard InChI is InChI=1S/C19H23N3O4/c1-12-5-6-15(26-12)19-14(11-21-22-19)10-20-9-13-7-17(24-3)18(25-4)8-16(13)23-2/h5-8,11,20H,9-10H2,1-4H3,(H,21,22). The van der Waals surface area contributed by atoms with E-state index in [9.17, 15) is 0 Å². The number of aromatic nitrogens is 2. The number of furan rings is 1. The third kappa shape index (κ3) is 3.67. The highest BCUT2D eigenvalue weighted by Crippen LogP contribution is 2.34. The Bertz CT molecular complexity index is 870. The van der Waals surface area contributed by atoms with Crippen molar-refractivity contribution in [2.45, 2.75) is 20.0 Å². The Balaban J connectivity index is 1.72. The van der Waals surface area contributed by atoms with E-state index in [-0.39, 0.29) is 0 Å². The third-order valence-electron chi connectivity index (χ3n) is 4.12. The van der Waals surface area contributed by atoms with Crippen molar-refractivity contribution in [2.75, 3.05) is 21.3 Å². The van der Waals surface area contributed by atoms with Gasteiger partial charge in [0.2, 0.25) is 0 Å². The number of aryl methyl sites for hydroxylation is 1. The van der Waals surface area contributed by atoms with Gasteiger partial charge in [0.05, 0.1) is 27.5 Å². The Labute approximate surface area is 152 Å². The summed E-state index contributed by atoms with van der Waals surface area (Å²) in [5, 5.41) is 10.5. The van der Waals surface area contributed by atoms with Crippen LogP contribution in [0.5, 0.6) is 17.2 Å². The van der Waals surface area contributed by atoms with Gasteiger partial charge in [-0.25, -0.2) is 0 Å². The van der Waals surface area contributed by atoms with Crippen LogP contribution in [0.1, 0.15) is 16.9 Å². The Morgan fingerprint density at radius 2 is 1.65 bits per heavy atom. The molecule has 0 saturated carbocycles. The lowest BCUT2D eigenvalue weighted by molar-refractivity contribution is 0.347. The molecule has 138 valence electrons. The fraction of sp³-hybridized carbons (Fsp3) is 0.316. The highest BCUT2D eigenvalue weighted by atomic mass is 16.5. The smallest absolute Gasteiger partial charge is 0.164 e. The summed E-state index contributed by atoms with van der Waals surface area (Å²) in [5.41, 5.74) is 2.88. The van der Waals surface area contributed by atoms with Crippen LogP contribution in [0.2, 0.25) is 0 Å². The monoisotopic (exact) mass is 357 g/mol. The minimum atomic E-state index is 0.603. The lowest BCUT2D eigenvalue weighted by Gasteiger charge is -2.14. The summed E-state index contributed by atoms with van der Waals surface area (Å²) >= 11 is 0. The maximum Gasteiger partial charge on any atom is 0.164 e. The van der Waals surface area contributed by atoms with Crippen molar-refractivity contribution in [1.82, 2.24) is 15.5 Å². The molecule has 0 radical (unpaired) electrons. The van der Waals surface area contributed by atoms with E-state index in [2.05, 4.69) is 15.5 Å². The van der Waals surface area contributed by atoms with Crippen molar-refractivity contribution < 1.29 is 18.6 Å². The molecule has 0 aliphatic heterocycles. The average Bonchev–Trinajstić information content (AvgIpc) is 3.29. The van der Waals surface area contributed by atoms with Crippen LogP contribution in [0.4, 0.5) is 0 Å². The summed E-state index contributed by atoms with van der Waals surface area (Å²) in [6, 6.07) is 7.60. The summed E-state index contributed by atoms with van der Waals surface area (Å²) < 4.78 is 21.8. The molecule has 0 aliphatic carbocycles. The van der Waals surface area contributed by atoms with Gasteiger partial charge in [-0.15, -0.1) is 0 Å². The molecule has 3 rings (SSSR count). The van der Waals surface area contributed by atoms with Crippen molar-refractivity contribution in [3.05, 3.63) is 47.3 Å². The van der Waals surface area contributed by atoms with E-state index < -0.39 is 0 Å². The maximum atomic E-state index is 5.68. The van der Waals surface area contributed by atoms with Gasteiger partial charge in [-0.05, 0) is 25.1 Å². The molecule has 3 aromatic rings. The third-order valence-corrected chi connectivity index (χ3v) is 4.12. The normalized spacial score (nSPS) is 10.8. The summed E-state index contributed by atoms with van der Waals surface area (Å²) in [4.78, 5) is 0. The van der Waals surface area contributed by atoms with E-state index in [4.69, 9.17) is 18.6 Å². The minimum absolute atomic E-state index is 0.603. The van der Waals surface area contributed by atoms with Gasteiger partial charge < -0.3 is 23.9 Å². The molecule has 0 bridgehead atoms. The number of H-pyrrole nitrogens is 1. The molecule has 7 heteroatoms. The highest BCUT2D eigenvalue weighted by molar-refractivity contribution is 5.56. The van der Waals surface area contributed by atoms with Gasteiger partial charge in [-0.3, -0.25) is 5.10 Å². The van der Waals surface area contributed by atoms with Crippen LogP contribution in [0.25, 0.3) is 11.5 Å². The van der Waals surface area contributed by atoms with Crippen LogP contribution in [0.3, 0.4) is 0 Å². The van der Waals surface area contributed by atoms with Gasteiger partial charge in [0.1, 0.15) is 17.2 Å². The molecule has 0 aliphatic rings. The quantitative estimate of drug-likeness (QED) is 0.644. The van der Waals surface area contributed by atoms with E-state index in [0.29, 0.717) is 24.6 Å². The fourth-order valence-corrected chi connectivity index (χ4v) is 2.79. The Kier molecular flexibility index (Phi) is 5.48. The maximum absolute atomic E-state index is 5.68. The molecule has 0 spiro atoms. The summed E-state index contributed by atoms with van der Waals surface area (Å²) in [6.45, 7) is 3.15. The van der Waals surface area contributed by atoms with Crippen LogP contribution in [-0.2, 0) is 13.1 Å². The van der Waals surface area contributed by atoms with Gasteiger partial charge in [0.15, 0.2) is 17.3 Å². The van der Waals surface area contributed by atoms with Crippen molar-refractivity contribution in [3.8, 4) is 28.7 Å². The van der Waals surface area contributed by atoms with Gasteiger partial charge in [0, 0.05) is 30.3 Å². The second-order valence-electron chi connectivity index (χ2n) is 5.80. The van der Waals surface area contributed by atoms with Crippen molar-refractivity contribution >= 4 is 0 Å². The number of methoxy groups -OCH3 is 3. The van der Waals surface area contributed by atoms with Crippen molar-refractivity contribution in [1.29, 1.82) is 0 Å². The topological polar surface area (TPSA) is 81.5 Å². The predicted octanol–water partition coefficient (Wildman–Crippen LogP) is 3.29. The van der Waals surface area contributed by atoms with E-state index >= 15 is 0 Å². The number of nitrogens with zero attached hydrogens (tertiary/aromatic N) is 1. The highest BCUT2D eigenvalue weighted by Gasteiger charge is 2.13.